The van der Waals surface area contributed by atoms with Crippen LogP contribution in [0.3, 0.4) is 0 Å². The van der Waals surface area contributed by atoms with Crippen molar-refractivity contribution in [2.24, 2.45) is 0 Å². The summed E-state index contributed by atoms with van der Waals surface area (Å²) in [5.41, 5.74) is 7.91. The van der Waals surface area contributed by atoms with Gasteiger partial charge in [-0.1, -0.05) is 6.07 Å². The van der Waals surface area contributed by atoms with Crippen molar-refractivity contribution < 1.29 is 9.59 Å². The average Bonchev–Trinajstić information content (AvgIpc) is 2.55. The first-order valence-corrected chi connectivity index (χ1v) is 6.38. The molecule has 0 aromatic heterocycles. The maximum absolute atomic E-state index is 12.4. The maximum Gasteiger partial charge on any atom is 0.254 e. The van der Waals surface area contributed by atoms with Gasteiger partial charge in [-0.2, -0.15) is 0 Å². The highest BCUT2D eigenvalue weighted by atomic mass is 16.2. The van der Waals surface area contributed by atoms with E-state index in [1.54, 1.807) is 29.0 Å². The van der Waals surface area contributed by atoms with Crippen LogP contribution in [0.5, 0.6) is 0 Å². The molecule has 2 N–H and O–H groups in total. The molecule has 0 spiro atoms. The molecule has 1 aliphatic rings. The van der Waals surface area contributed by atoms with Crippen LogP contribution in [-0.2, 0) is 4.79 Å². The molecule has 1 saturated heterocycles. The molecule has 0 atom stereocenters. The van der Waals surface area contributed by atoms with Crippen molar-refractivity contribution in [2.75, 3.05) is 32.4 Å². The van der Waals surface area contributed by atoms with E-state index in [4.69, 9.17) is 5.73 Å². The Bertz CT molecular complexity index is 513. The van der Waals surface area contributed by atoms with Crippen molar-refractivity contribution in [3.05, 3.63) is 29.3 Å². The number of hydrogen-bond acceptors (Lipinski definition) is 3. The van der Waals surface area contributed by atoms with Gasteiger partial charge in [0.1, 0.15) is 6.54 Å². The number of nitrogens with two attached hydrogens (primary N) is 1. The lowest BCUT2D eigenvalue weighted by molar-refractivity contribution is -0.129. The van der Waals surface area contributed by atoms with Crippen LogP contribution in [-0.4, -0.2) is 48.3 Å². The number of carbonyl (C=O) groups excluding carboxylic acids is 2. The standard InChI is InChI=1S/C14H19N3O2/c1-10-4-5-11(8-12(10)15)14(19)17-7-3-6-16(2)13(18)9-17/h4-5,8H,3,6-7,9,15H2,1-2H3. The van der Waals surface area contributed by atoms with Crippen molar-refractivity contribution in [3.63, 3.8) is 0 Å². The second-order valence-corrected chi connectivity index (χ2v) is 4.97. The van der Waals surface area contributed by atoms with E-state index >= 15 is 0 Å². The van der Waals surface area contributed by atoms with Gasteiger partial charge in [-0.15, -0.1) is 0 Å². The lowest BCUT2D eigenvalue weighted by Gasteiger charge is -2.20. The largest absolute Gasteiger partial charge is 0.398 e. The summed E-state index contributed by atoms with van der Waals surface area (Å²) < 4.78 is 0. The van der Waals surface area contributed by atoms with Crippen LogP contribution in [0.2, 0.25) is 0 Å². The van der Waals surface area contributed by atoms with E-state index in [1.807, 2.05) is 13.0 Å². The highest BCUT2D eigenvalue weighted by Gasteiger charge is 2.23. The quantitative estimate of drug-likeness (QED) is 0.763. The summed E-state index contributed by atoms with van der Waals surface area (Å²) in [6.07, 6.45) is 0.801. The van der Waals surface area contributed by atoms with Gasteiger partial charge in [0.15, 0.2) is 0 Å². The Balaban J connectivity index is 2.18. The third kappa shape index (κ3) is 2.86. The Morgan fingerprint density at radius 3 is 2.74 bits per heavy atom. The lowest BCUT2D eigenvalue weighted by atomic mass is 10.1. The van der Waals surface area contributed by atoms with Gasteiger partial charge in [-0.25, -0.2) is 0 Å². The predicted octanol–water partition coefficient (Wildman–Crippen LogP) is 0.882. The second kappa shape index (κ2) is 5.30. The van der Waals surface area contributed by atoms with Gasteiger partial charge in [0.05, 0.1) is 0 Å². The van der Waals surface area contributed by atoms with Crippen LogP contribution in [0.4, 0.5) is 5.69 Å². The molecule has 1 aromatic rings. The third-order valence-corrected chi connectivity index (χ3v) is 3.49. The number of amides is 2. The minimum atomic E-state index is -0.129. The zero-order valence-electron chi connectivity index (χ0n) is 11.3. The number of anilines is 1. The molecule has 2 amide bonds. The monoisotopic (exact) mass is 261 g/mol. The molecule has 19 heavy (non-hydrogen) atoms. The van der Waals surface area contributed by atoms with Crippen LogP contribution < -0.4 is 5.73 Å². The number of nitrogens with zero attached hydrogens (tertiary/aromatic N) is 2. The number of carbonyl (C=O) groups is 2. The fourth-order valence-electron chi connectivity index (χ4n) is 2.12. The first kappa shape index (κ1) is 13.4. The molecule has 2 rings (SSSR count). The lowest BCUT2D eigenvalue weighted by Crippen LogP contribution is -2.38. The van der Waals surface area contributed by atoms with Gasteiger partial charge in [0.2, 0.25) is 5.91 Å². The van der Waals surface area contributed by atoms with Gasteiger partial charge >= 0.3 is 0 Å². The molecule has 1 aliphatic heterocycles. The van der Waals surface area contributed by atoms with E-state index in [-0.39, 0.29) is 18.4 Å². The van der Waals surface area contributed by atoms with Crippen LogP contribution in [0.25, 0.3) is 0 Å². The number of hydrogen-bond donors (Lipinski definition) is 1. The highest BCUT2D eigenvalue weighted by molar-refractivity contribution is 5.97. The molecule has 0 saturated carbocycles. The number of benzene rings is 1. The van der Waals surface area contributed by atoms with Gasteiger partial charge in [-0.3, -0.25) is 9.59 Å². The molecule has 1 fully saturated rings. The number of nitrogen functional groups attached to an aromatic ring is 1. The van der Waals surface area contributed by atoms with E-state index in [1.165, 1.54) is 0 Å². The second-order valence-electron chi connectivity index (χ2n) is 4.97. The minimum Gasteiger partial charge on any atom is -0.398 e. The maximum atomic E-state index is 12.4. The Hall–Kier alpha value is -2.04. The van der Waals surface area contributed by atoms with Gasteiger partial charge in [0, 0.05) is 31.4 Å². The summed E-state index contributed by atoms with van der Waals surface area (Å²) in [7, 11) is 1.76. The zero-order valence-corrected chi connectivity index (χ0v) is 11.3. The molecular weight excluding hydrogens is 242 g/mol. The van der Waals surface area contributed by atoms with Crippen molar-refractivity contribution >= 4 is 17.5 Å². The Labute approximate surface area is 113 Å². The van der Waals surface area contributed by atoms with E-state index in [2.05, 4.69) is 0 Å². The molecule has 102 valence electrons. The van der Waals surface area contributed by atoms with E-state index in [9.17, 15) is 9.59 Å². The van der Waals surface area contributed by atoms with E-state index in [0.29, 0.717) is 24.3 Å². The van der Waals surface area contributed by atoms with Crippen molar-refractivity contribution in [1.82, 2.24) is 9.80 Å². The Morgan fingerprint density at radius 1 is 1.32 bits per heavy atom. The molecule has 0 radical (unpaired) electrons. The summed E-state index contributed by atoms with van der Waals surface area (Å²) in [5, 5.41) is 0. The highest BCUT2D eigenvalue weighted by Crippen LogP contribution is 2.15. The number of aryl methyl sites for hydroxylation is 1. The average molecular weight is 261 g/mol. The normalized spacial score (nSPS) is 16.4. The van der Waals surface area contributed by atoms with Crippen molar-refractivity contribution in [1.29, 1.82) is 0 Å². The summed E-state index contributed by atoms with van der Waals surface area (Å²) in [4.78, 5) is 27.4. The summed E-state index contributed by atoms with van der Waals surface area (Å²) in [6.45, 7) is 3.33. The van der Waals surface area contributed by atoms with Crippen LogP contribution >= 0.6 is 0 Å². The van der Waals surface area contributed by atoms with Gasteiger partial charge in [-0.05, 0) is 31.0 Å². The van der Waals surface area contributed by atoms with E-state index in [0.717, 1.165) is 12.0 Å². The van der Waals surface area contributed by atoms with Crippen LogP contribution in [0.15, 0.2) is 18.2 Å². The molecule has 0 unspecified atom stereocenters. The third-order valence-electron chi connectivity index (χ3n) is 3.49. The molecule has 5 heteroatoms. The first-order chi connectivity index (χ1) is 8.99. The SMILES string of the molecule is Cc1ccc(C(=O)N2CCCN(C)C(=O)C2)cc1N. The Kier molecular flexibility index (Phi) is 3.74. The smallest absolute Gasteiger partial charge is 0.254 e. The summed E-state index contributed by atoms with van der Waals surface area (Å²) in [5.74, 6) is -0.152. The Morgan fingerprint density at radius 2 is 2.05 bits per heavy atom. The van der Waals surface area contributed by atoms with E-state index < -0.39 is 0 Å². The van der Waals surface area contributed by atoms with Crippen molar-refractivity contribution in [3.8, 4) is 0 Å². The molecule has 1 aromatic carbocycles. The number of likely N-dealkylation sites (N-methyl/N-ethyl adjacent to an activating group) is 1. The van der Waals surface area contributed by atoms with Gasteiger partial charge < -0.3 is 15.5 Å². The molecule has 0 aliphatic carbocycles. The molecular formula is C14H19N3O2. The van der Waals surface area contributed by atoms with Crippen LogP contribution in [0, 0.1) is 6.92 Å². The van der Waals surface area contributed by atoms with Crippen LogP contribution in [0.1, 0.15) is 22.3 Å². The fourth-order valence-corrected chi connectivity index (χ4v) is 2.12. The minimum absolute atomic E-state index is 0.0223. The molecule has 1 heterocycles. The van der Waals surface area contributed by atoms with Crippen molar-refractivity contribution in [2.45, 2.75) is 13.3 Å². The number of rotatable bonds is 1. The molecule has 0 bridgehead atoms. The first-order valence-electron chi connectivity index (χ1n) is 6.38. The summed E-state index contributed by atoms with van der Waals surface area (Å²) in [6, 6.07) is 5.26. The predicted molar refractivity (Wildman–Crippen MR) is 73.7 cm³/mol. The zero-order chi connectivity index (χ0) is 14.0. The topological polar surface area (TPSA) is 66.6 Å². The fraction of sp³-hybridized carbons (Fsp3) is 0.429. The summed E-state index contributed by atoms with van der Waals surface area (Å²) >= 11 is 0. The molecule has 5 nitrogen and oxygen atoms in total. The van der Waals surface area contributed by atoms with Gasteiger partial charge in [0.25, 0.3) is 5.91 Å².